The number of halogens is 1. The molecule has 0 aromatic carbocycles. The van der Waals surface area contributed by atoms with Gasteiger partial charge in [0.1, 0.15) is 6.17 Å². The molecular weight excluding hydrogens is 153 g/mol. The molecule has 0 unspecified atom stereocenters. The zero-order chi connectivity index (χ0) is 8.81. The average molecular weight is 173 g/mol. The first kappa shape index (κ1) is 9.97. The second-order valence-electron chi connectivity index (χ2n) is 3.78. The standard InChI is InChI=1S/C10H20FN/c1-2-3-4-5-6-9-7-12-8-10(9)11/h9-10,12H,2-8H2,1H3/t9-,10+/m0/s1. The number of hydrogen-bond acceptors (Lipinski definition) is 1. The summed E-state index contributed by atoms with van der Waals surface area (Å²) in [5, 5.41) is 3.09. The predicted molar refractivity (Wildman–Crippen MR) is 50.0 cm³/mol. The van der Waals surface area contributed by atoms with Crippen molar-refractivity contribution in [1.29, 1.82) is 0 Å². The van der Waals surface area contributed by atoms with Gasteiger partial charge in [0.15, 0.2) is 0 Å². The zero-order valence-corrected chi connectivity index (χ0v) is 7.98. The molecule has 0 aliphatic carbocycles. The van der Waals surface area contributed by atoms with Crippen molar-refractivity contribution in [2.45, 2.75) is 45.2 Å². The van der Waals surface area contributed by atoms with Crippen LogP contribution >= 0.6 is 0 Å². The summed E-state index contributed by atoms with van der Waals surface area (Å²) in [6.45, 7) is 3.68. The number of nitrogens with one attached hydrogen (secondary N) is 1. The maximum atomic E-state index is 13.0. The summed E-state index contributed by atoms with van der Waals surface area (Å²) in [7, 11) is 0. The fourth-order valence-electron chi connectivity index (χ4n) is 1.82. The lowest BCUT2D eigenvalue weighted by Crippen LogP contribution is -2.12. The number of unbranched alkanes of at least 4 members (excludes halogenated alkanes) is 3. The first-order valence-corrected chi connectivity index (χ1v) is 5.19. The monoisotopic (exact) mass is 173 g/mol. The molecule has 1 heterocycles. The normalized spacial score (nSPS) is 29.5. The van der Waals surface area contributed by atoms with Crippen molar-refractivity contribution in [2.24, 2.45) is 5.92 Å². The van der Waals surface area contributed by atoms with Gasteiger partial charge in [0.05, 0.1) is 0 Å². The van der Waals surface area contributed by atoms with Gasteiger partial charge in [0, 0.05) is 19.0 Å². The van der Waals surface area contributed by atoms with Gasteiger partial charge in [-0.1, -0.05) is 32.6 Å². The summed E-state index contributed by atoms with van der Waals surface area (Å²) in [5.41, 5.74) is 0. The molecule has 0 bridgehead atoms. The van der Waals surface area contributed by atoms with Crippen LogP contribution in [0.15, 0.2) is 0 Å². The Hall–Kier alpha value is -0.110. The Labute approximate surface area is 74.7 Å². The molecule has 1 aliphatic rings. The second-order valence-corrected chi connectivity index (χ2v) is 3.78. The molecule has 0 saturated carbocycles. The van der Waals surface area contributed by atoms with Crippen molar-refractivity contribution in [3.63, 3.8) is 0 Å². The highest BCUT2D eigenvalue weighted by Gasteiger charge is 2.25. The van der Waals surface area contributed by atoms with E-state index in [0.717, 1.165) is 13.0 Å². The van der Waals surface area contributed by atoms with Crippen LogP contribution in [0.1, 0.15) is 39.0 Å². The molecule has 72 valence electrons. The van der Waals surface area contributed by atoms with Gasteiger partial charge in [-0.15, -0.1) is 0 Å². The largest absolute Gasteiger partial charge is 0.313 e. The lowest BCUT2D eigenvalue weighted by molar-refractivity contribution is 0.267. The van der Waals surface area contributed by atoms with Crippen molar-refractivity contribution >= 4 is 0 Å². The molecule has 2 atom stereocenters. The smallest absolute Gasteiger partial charge is 0.116 e. The van der Waals surface area contributed by atoms with E-state index < -0.39 is 6.17 Å². The maximum absolute atomic E-state index is 13.0. The molecule has 0 spiro atoms. The van der Waals surface area contributed by atoms with Gasteiger partial charge in [0.25, 0.3) is 0 Å². The van der Waals surface area contributed by atoms with Crippen LogP contribution in [0.3, 0.4) is 0 Å². The Morgan fingerprint density at radius 2 is 2.08 bits per heavy atom. The molecule has 0 aromatic rings. The van der Waals surface area contributed by atoms with E-state index in [4.69, 9.17) is 0 Å². The fraction of sp³-hybridized carbons (Fsp3) is 1.00. The van der Waals surface area contributed by atoms with Gasteiger partial charge in [-0.2, -0.15) is 0 Å². The third-order valence-electron chi connectivity index (χ3n) is 2.69. The van der Waals surface area contributed by atoms with Crippen LogP contribution in [-0.4, -0.2) is 19.3 Å². The molecule has 12 heavy (non-hydrogen) atoms. The van der Waals surface area contributed by atoms with E-state index in [9.17, 15) is 4.39 Å². The third kappa shape index (κ3) is 3.10. The molecule has 1 nitrogen and oxygen atoms in total. The van der Waals surface area contributed by atoms with Gasteiger partial charge < -0.3 is 5.32 Å². The summed E-state index contributed by atoms with van der Waals surface area (Å²) >= 11 is 0. The molecule has 1 N–H and O–H groups in total. The van der Waals surface area contributed by atoms with E-state index in [0.29, 0.717) is 12.5 Å². The Bertz CT molecular complexity index is 116. The van der Waals surface area contributed by atoms with Gasteiger partial charge in [-0.05, 0) is 6.42 Å². The molecule has 1 fully saturated rings. The van der Waals surface area contributed by atoms with Crippen molar-refractivity contribution in [3.8, 4) is 0 Å². The van der Waals surface area contributed by atoms with Crippen LogP contribution in [0, 0.1) is 5.92 Å². The van der Waals surface area contributed by atoms with Crippen LogP contribution in [0.4, 0.5) is 4.39 Å². The van der Waals surface area contributed by atoms with Crippen molar-refractivity contribution < 1.29 is 4.39 Å². The molecule has 1 rings (SSSR count). The van der Waals surface area contributed by atoms with Gasteiger partial charge in [0.2, 0.25) is 0 Å². The number of rotatable bonds is 5. The van der Waals surface area contributed by atoms with E-state index in [1.807, 2.05) is 0 Å². The lowest BCUT2D eigenvalue weighted by atomic mass is 9.99. The minimum atomic E-state index is -0.577. The summed E-state index contributed by atoms with van der Waals surface area (Å²) in [5.74, 6) is 0.307. The lowest BCUT2D eigenvalue weighted by Gasteiger charge is -2.10. The van der Waals surface area contributed by atoms with E-state index >= 15 is 0 Å². The molecular formula is C10H20FN. The molecule has 0 amide bonds. The SMILES string of the molecule is CCCCCC[C@H]1CNC[C@H]1F. The minimum Gasteiger partial charge on any atom is -0.313 e. The molecule has 0 radical (unpaired) electrons. The maximum Gasteiger partial charge on any atom is 0.116 e. The third-order valence-corrected chi connectivity index (χ3v) is 2.69. The number of alkyl halides is 1. The van der Waals surface area contributed by atoms with Crippen molar-refractivity contribution in [1.82, 2.24) is 5.32 Å². The van der Waals surface area contributed by atoms with Crippen LogP contribution in [-0.2, 0) is 0 Å². The Balaban J connectivity index is 1.98. The summed E-state index contributed by atoms with van der Waals surface area (Å²) in [6.07, 6.45) is 5.56. The minimum absolute atomic E-state index is 0.307. The van der Waals surface area contributed by atoms with Gasteiger partial charge in [-0.25, -0.2) is 4.39 Å². The van der Waals surface area contributed by atoms with E-state index in [1.54, 1.807) is 0 Å². The highest BCUT2D eigenvalue weighted by Crippen LogP contribution is 2.19. The van der Waals surface area contributed by atoms with Crippen LogP contribution in [0.25, 0.3) is 0 Å². The second kappa shape index (κ2) is 5.52. The molecule has 1 aliphatic heterocycles. The Kier molecular flexibility index (Phi) is 4.59. The highest BCUT2D eigenvalue weighted by atomic mass is 19.1. The van der Waals surface area contributed by atoms with Gasteiger partial charge >= 0.3 is 0 Å². The zero-order valence-electron chi connectivity index (χ0n) is 7.98. The fourth-order valence-corrected chi connectivity index (χ4v) is 1.82. The molecule has 2 heteroatoms. The average Bonchev–Trinajstić information content (AvgIpc) is 2.46. The van der Waals surface area contributed by atoms with E-state index in [-0.39, 0.29) is 0 Å². The Morgan fingerprint density at radius 3 is 2.67 bits per heavy atom. The predicted octanol–water partition coefficient (Wildman–Crippen LogP) is 2.51. The van der Waals surface area contributed by atoms with Crippen LogP contribution in [0.5, 0.6) is 0 Å². The molecule has 0 aromatic heterocycles. The van der Waals surface area contributed by atoms with Crippen molar-refractivity contribution in [2.75, 3.05) is 13.1 Å². The molecule has 1 saturated heterocycles. The first-order chi connectivity index (χ1) is 5.84. The number of hydrogen-bond donors (Lipinski definition) is 1. The summed E-state index contributed by atoms with van der Waals surface area (Å²) in [6, 6.07) is 0. The quantitative estimate of drug-likeness (QED) is 0.630. The highest BCUT2D eigenvalue weighted by molar-refractivity contribution is 4.80. The van der Waals surface area contributed by atoms with Crippen LogP contribution in [0.2, 0.25) is 0 Å². The topological polar surface area (TPSA) is 12.0 Å². The van der Waals surface area contributed by atoms with Gasteiger partial charge in [-0.3, -0.25) is 0 Å². The summed E-state index contributed by atoms with van der Waals surface area (Å²) < 4.78 is 13.0. The Morgan fingerprint density at radius 1 is 1.25 bits per heavy atom. The van der Waals surface area contributed by atoms with E-state index in [2.05, 4.69) is 12.2 Å². The van der Waals surface area contributed by atoms with E-state index in [1.165, 1.54) is 25.7 Å². The summed E-state index contributed by atoms with van der Waals surface area (Å²) in [4.78, 5) is 0. The van der Waals surface area contributed by atoms with Crippen LogP contribution < -0.4 is 5.32 Å². The first-order valence-electron chi connectivity index (χ1n) is 5.19. The van der Waals surface area contributed by atoms with Crippen molar-refractivity contribution in [3.05, 3.63) is 0 Å².